The van der Waals surface area contributed by atoms with Crippen LogP contribution in [0.2, 0.25) is 0 Å². The van der Waals surface area contributed by atoms with E-state index in [-0.39, 0.29) is 17.9 Å². The number of carbonyl (C=O) groups excluding carboxylic acids is 1. The van der Waals surface area contributed by atoms with Crippen LogP contribution in [0.5, 0.6) is 5.75 Å². The standard InChI is InChI=1S/C22H16N4O4/c23-13-18-3-1-2-4-19(18)15-30-21-11-5-16(6-12-21)14-24-25-22(27)17-7-9-20(10-8-17)26(28)29/h1-12,14H,15H2,(H,25,27)/b24-14-. The summed E-state index contributed by atoms with van der Waals surface area (Å²) < 4.78 is 5.70. The Morgan fingerprint density at radius 1 is 1.10 bits per heavy atom. The number of nitrogens with one attached hydrogen (secondary N) is 1. The number of rotatable bonds is 7. The van der Waals surface area contributed by atoms with E-state index in [1.165, 1.54) is 30.5 Å². The predicted octanol–water partition coefficient (Wildman–Crippen LogP) is 3.81. The van der Waals surface area contributed by atoms with Gasteiger partial charge in [0.2, 0.25) is 0 Å². The second kappa shape index (κ2) is 9.61. The Kier molecular flexibility index (Phi) is 6.48. The number of non-ortho nitro benzene ring substituents is 1. The van der Waals surface area contributed by atoms with Crippen molar-refractivity contribution in [2.45, 2.75) is 6.61 Å². The molecule has 0 radical (unpaired) electrons. The van der Waals surface area contributed by atoms with Crippen LogP contribution >= 0.6 is 0 Å². The molecular weight excluding hydrogens is 384 g/mol. The van der Waals surface area contributed by atoms with Crippen molar-refractivity contribution >= 4 is 17.8 Å². The highest BCUT2D eigenvalue weighted by molar-refractivity contribution is 5.95. The van der Waals surface area contributed by atoms with Crippen molar-refractivity contribution in [3.05, 3.63) is 105 Å². The first kappa shape index (κ1) is 20.2. The lowest BCUT2D eigenvalue weighted by atomic mass is 10.1. The molecule has 0 spiro atoms. The zero-order chi connectivity index (χ0) is 21.3. The second-order valence-corrected chi connectivity index (χ2v) is 6.13. The van der Waals surface area contributed by atoms with Gasteiger partial charge in [-0.1, -0.05) is 18.2 Å². The van der Waals surface area contributed by atoms with Crippen molar-refractivity contribution in [1.29, 1.82) is 5.26 Å². The summed E-state index contributed by atoms with van der Waals surface area (Å²) in [6.45, 7) is 0.280. The highest BCUT2D eigenvalue weighted by atomic mass is 16.6. The van der Waals surface area contributed by atoms with E-state index in [2.05, 4.69) is 16.6 Å². The number of nitro groups is 1. The molecule has 0 atom stereocenters. The lowest BCUT2D eigenvalue weighted by Gasteiger charge is -2.07. The van der Waals surface area contributed by atoms with E-state index in [1.807, 2.05) is 12.1 Å². The molecule has 1 N–H and O–H groups in total. The molecule has 3 rings (SSSR count). The van der Waals surface area contributed by atoms with Gasteiger partial charge in [0.25, 0.3) is 11.6 Å². The van der Waals surface area contributed by atoms with Crippen LogP contribution in [-0.2, 0) is 6.61 Å². The average molecular weight is 400 g/mol. The predicted molar refractivity (Wildman–Crippen MR) is 110 cm³/mol. The largest absolute Gasteiger partial charge is 0.489 e. The molecular formula is C22H16N4O4. The number of nitrogens with zero attached hydrogens (tertiary/aromatic N) is 3. The second-order valence-electron chi connectivity index (χ2n) is 6.13. The third kappa shape index (κ3) is 5.27. The van der Waals surface area contributed by atoms with Crippen molar-refractivity contribution < 1.29 is 14.5 Å². The monoisotopic (exact) mass is 400 g/mol. The van der Waals surface area contributed by atoms with Gasteiger partial charge in [0.15, 0.2) is 0 Å². The number of nitriles is 1. The summed E-state index contributed by atoms with van der Waals surface area (Å²) in [5.41, 5.74) is 4.66. The third-order valence-electron chi connectivity index (χ3n) is 4.13. The van der Waals surface area contributed by atoms with Crippen LogP contribution in [0.25, 0.3) is 0 Å². The van der Waals surface area contributed by atoms with E-state index in [1.54, 1.807) is 36.4 Å². The van der Waals surface area contributed by atoms with Gasteiger partial charge in [-0.15, -0.1) is 0 Å². The van der Waals surface area contributed by atoms with Crippen molar-refractivity contribution in [1.82, 2.24) is 5.43 Å². The van der Waals surface area contributed by atoms with Crippen LogP contribution in [0.4, 0.5) is 5.69 Å². The van der Waals surface area contributed by atoms with Gasteiger partial charge in [0.1, 0.15) is 12.4 Å². The Labute approximate surface area is 172 Å². The van der Waals surface area contributed by atoms with E-state index >= 15 is 0 Å². The fourth-order valence-corrected chi connectivity index (χ4v) is 2.53. The topological polar surface area (TPSA) is 118 Å². The third-order valence-corrected chi connectivity index (χ3v) is 4.13. The first-order valence-electron chi connectivity index (χ1n) is 8.85. The lowest BCUT2D eigenvalue weighted by Crippen LogP contribution is -2.17. The molecule has 0 aromatic heterocycles. The molecule has 8 heteroatoms. The van der Waals surface area contributed by atoms with Crippen LogP contribution in [0.1, 0.15) is 27.0 Å². The number of nitro benzene ring substituents is 1. The number of amides is 1. The SMILES string of the molecule is N#Cc1ccccc1COc1ccc(/C=N\NC(=O)c2ccc([N+](=O)[O-])cc2)cc1. The van der Waals surface area contributed by atoms with Gasteiger partial charge in [-0.3, -0.25) is 14.9 Å². The molecule has 0 fully saturated rings. The van der Waals surface area contributed by atoms with Gasteiger partial charge < -0.3 is 4.74 Å². The van der Waals surface area contributed by atoms with Crippen LogP contribution in [0.15, 0.2) is 77.9 Å². The molecule has 1 amide bonds. The highest BCUT2D eigenvalue weighted by Crippen LogP contribution is 2.15. The maximum Gasteiger partial charge on any atom is 0.271 e. The molecule has 0 aliphatic carbocycles. The number of benzene rings is 3. The fraction of sp³-hybridized carbons (Fsp3) is 0.0455. The maximum absolute atomic E-state index is 12.0. The molecule has 30 heavy (non-hydrogen) atoms. The molecule has 0 saturated carbocycles. The van der Waals surface area contributed by atoms with E-state index in [4.69, 9.17) is 10.00 Å². The molecule has 0 bridgehead atoms. The van der Waals surface area contributed by atoms with Gasteiger partial charge in [-0.25, -0.2) is 5.43 Å². The summed E-state index contributed by atoms with van der Waals surface area (Å²) in [6, 6.07) is 21.7. The molecule has 0 aliphatic rings. The number of hydrazone groups is 1. The number of hydrogen-bond donors (Lipinski definition) is 1. The number of hydrogen-bond acceptors (Lipinski definition) is 6. The summed E-state index contributed by atoms with van der Waals surface area (Å²) in [5, 5.41) is 23.6. The van der Waals surface area contributed by atoms with E-state index in [0.717, 1.165) is 11.1 Å². The van der Waals surface area contributed by atoms with E-state index in [0.29, 0.717) is 11.3 Å². The lowest BCUT2D eigenvalue weighted by molar-refractivity contribution is -0.384. The molecule has 0 heterocycles. The molecule has 3 aromatic carbocycles. The van der Waals surface area contributed by atoms with E-state index in [9.17, 15) is 14.9 Å². The molecule has 8 nitrogen and oxygen atoms in total. The van der Waals surface area contributed by atoms with Crippen molar-refractivity contribution in [3.8, 4) is 11.8 Å². The van der Waals surface area contributed by atoms with Gasteiger partial charge in [-0.2, -0.15) is 10.4 Å². The quantitative estimate of drug-likeness (QED) is 0.368. The molecule has 0 aliphatic heterocycles. The minimum Gasteiger partial charge on any atom is -0.489 e. The van der Waals surface area contributed by atoms with Crippen molar-refractivity contribution in [2.75, 3.05) is 0 Å². The van der Waals surface area contributed by atoms with Crippen molar-refractivity contribution in [3.63, 3.8) is 0 Å². The fourth-order valence-electron chi connectivity index (χ4n) is 2.53. The first-order chi connectivity index (χ1) is 14.6. The van der Waals surface area contributed by atoms with Crippen LogP contribution in [0.3, 0.4) is 0 Å². The van der Waals surface area contributed by atoms with Crippen molar-refractivity contribution in [2.24, 2.45) is 5.10 Å². The Bertz CT molecular complexity index is 1120. The Morgan fingerprint density at radius 3 is 2.47 bits per heavy atom. The van der Waals surface area contributed by atoms with Crippen LogP contribution in [-0.4, -0.2) is 17.0 Å². The molecule has 3 aromatic rings. The highest BCUT2D eigenvalue weighted by Gasteiger charge is 2.08. The van der Waals surface area contributed by atoms with Gasteiger partial charge in [0.05, 0.1) is 22.8 Å². The Hall–Kier alpha value is -4.51. The Morgan fingerprint density at radius 2 is 1.80 bits per heavy atom. The summed E-state index contributed by atoms with van der Waals surface area (Å²) in [4.78, 5) is 22.1. The van der Waals surface area contributed by atoms with Gasteiger partial charge in [-0.05, 0) is 48.0 Å². The summed E-state index contributed by atoms with van der Waals surface area (Å²) in [7, 11) is 0. The molecule has 0 unspecified atom stereocenters. The summed E-state index contributed by atoms with van der Waals surface area (Å²) in [5.74, 6) is 0.159. The maximum atomic E-state index is 12.0. The van der Waals surface area contributed by atoms with E-state index < -0.39 is 10.8 Å². The number of ether oxygens (including phenoxy) is 1. The average Bonchev–Trinajstić information content (AvgIpc) is 2.78. The van der Waals surface area contributed by atoms with Crippen LogP contribution < -0.4 is 10.2 Å². The first-order valence-corrected chi connectivity index (χ1v) is 8.85. The zero-order valence-corrected chi connectivity index (χ0v) is 15.7. The van der Waals surface area contributed by atoms with Gasteiger partial charge in [0, 0.05) is 23.3 Å². The normalized spacial score (nSPS) is 10.4. The minimum absolute atomic E-state index is 0.0894. The number of carbonyl (C=O) groups is 1. The summed E-state index contributed by atoms with van der Waals surface area (Å²) >= 11 is 0. The summed E-state index contributed by atoms with van der Waals surface area (Å²) in [6.07, 6.45) is 1.47. The van der Waals surface area contributed by atoms with Gasteiger partial charge >= 0.3 is 0 Å². The minimum atomic E-state index is -0.532. The zero-order valence-electron chi connectivity index (χ0n) is 15.7. The Balaban J connectivity index is 1.53. The smallest absolute Gasteiger partial charge is 0.271 e. The van der Waals surface area contributed by atoms with Crippen LogP contribution in [0, 0.1) is 21.4 Å². The molecule has 0 saturated heterocycles. The molecule has 148 valence electrons.